The molecule has 0 saturated carbocycles. The van der Waals surface area contributed by atoms with Gasteiger partial charge >= 0.3 is 0 Å². The SMILES string of the molecule is CN=C(NCc1ccc(F)cc1)NCc1ccc(CN2CC(C)OC(C)C2)cc1.I. The van der Waals surface area contributed by atoms with Crippen LogP contribution in [0.15, 0.2) is 53.5 Å². The lowest BCUT2D eigenvalue weighted by Gasteiger charge is -2.35. The molecule has 30 heavy (non-hydrogen) atoms. The molecule has 2 unspecified atom stereocenters. The number of benzene rings is 2. The van der Waals surface area contributed by atoms with Gasteiger partial charge in [0.2, 0.25) is 0 Å². The first-order valence-corrected chi connectivity index (χ1v) is 10.2. The van der Waals surface area contributed by atoms with Crippen LogP contribution in [0.5, 0.6) is 0 Å². The molecule has 0 spiro atoms. The van der Waals surface area contributed by atoms with Gasteiger partial charge in [-0.15, -0.1) is 24.0 Å². The van der Waals surface area contributed by atoms with Crippen molar-refractivity contribution in [1.82, 2.24) is 15.5 Å². The molecule has 2 aromatic carbocycles. The predicted molar refractivity (Wildman–Crippen MR) is 131 cm³/mol. The summed E-state index contributed by atoms with van der Waals surface area (Å²) in [5, 5.41) is 6.56. The van der Waals surface area contributed by atoms with Gasteiger partial charge in [0.15, 0.2) is 5.96 Å². The zero-order chi connectivity index (χ0) is 20.6. The van der Waals surface area contributed by atoms with E-state index < -0.39 is 0 Å². The number of rotatable bonds is 6. The molecule has 2 atom stereocenters. The number of nitrogens with zero attached hydrogens (tertiary/aromatic N) is 2. The maximum atomic E-state index is 13.0. The van der Waals surface area contributed by atoms with E-state index in [2.05, 4.69) is 58.6 Å². The molecule has 2 N–H and O–H groups in total. The number of hydrogen-bond donors (Lipinski definition) is 2. The second kappa shape index (κ2) is 12.2. The van der Waals surface area contributed by atoms with E-state index in [0.29, 0.717) is 13.1 Å². The number of nitrogens with one attached hydrogen (secondary N) is 2. The van der Waals surface area contributed by atoms with Crippen LogP contribution < -0.4 is 10.6 Å². The largest absolute Gasteiger partial charge is 0.373 e. The summed E-state index contributed by atoms with van der Waals surface area (Å²) < 4.78 is 18.8. The first kappa shape index (κ1) is 24.6. The molecule has 0 radical (unpaired) electrons. The summed E-state index contributed by atoms with van der Waals surface area (Å²) in [7, 11) is 1.74. The topological polar surface area (TPSA) is 48.9 Å². The number of halogens is 2. The molecule has 0 aromatic heterocycles. The average Bonchev–Trinajstić information content (AvgIpc) is 2.70. The smallest absolute Gasteiger partial charge is 0.191 e. The zero-order valence-corrected chi connectivity index (χ0v) is 20.2. The van der Waals surface area contributed by atoms with Crippen LogP contribution >= 0.6 is 24.0 Å². The van der Waals surface area contributed by atoms with Crippen molar-refractivity contribution >= 4 is 29.9 Å². The lowest BCUT2D eigenvalue weighted by molar-refractivity contribution is -0.0704. The predicted octanol–water partition coefficient (Wildman–Crippen LogP) is 3.92. The normalized spacial score (nSPS) is 19.8. The van der Waals surface area contributed by atoms with Crippen LogP contribution in [0.2, 0.25) is 0 Å². The van der Waals surface area contributed by atoms with E-state index in [0.717, 1.165) is 31.2 Å². The zero-order valence-electron chi connectivity index (χ0n) is 17.9. The molecule has 1 saturated heterocycles. The minimum atomic E-state index is -0.225. The van der Waals surface area contributed by atoms with Crippen LogP contribution in [0.1, 0.15) is 30.5 Å². The van der Waals surface area contributed by atoms with Gasteiger partial charge in [-0.25, -0.2) is 4.39 Å². The van der Waals surface area contributed by atoms with Gasteiger partial charge in [-0.1, -0.05) is 36.4 Å². The minimum Gasteiger partial charge on any atom is -0.373 e. The Balaban J connectivity index is 0.00000320. The van der Waals surface area contributed by atoms with E-state index in [1.807, 2.05) is 0 Å². The van der Waals surface area contributed by atoms with Crippen molar-refractivity contribution in [3.63, 3.8) is 0 Å². The fourth-order valence-electron chi connectivity index (χ4n) is 3.63. The number of aliphatic imine (C=N–C) groups is 1. The first-order valence-electron chi connectivity index (χ1n) is 10.2. The molecule has 2 aromatic rings. The van der Waals surface area contributed by atoms with Crippen molar-refractivity contribution in [2.75, 3.05) is 20.1 Å². The summed E-state index contributed by atoms with van der Waals surface area (Å²) >= 11 is 0. The fraction of sp³-hybridized carbons (Fsp3) is 0.435. The lowest BCUT2D eigenvalue weighted by Crippen LogP contribution is -2.44. The van der Waals surface area contributed by atoms with Crippen LogP contribution in [-0.2, 0) is 24.4 Å². The van der Waals surface area contributed by atoms with Crippen LogP contribution in [0, 0.1) is 5.82 Å². The van der Waals surface area contributed by atoms with Gasteiger partial charge in [0.1, 0.15) is 5.82 Å². The van der Waals surface area contributed by atoms with E-state index in [4.69, 9.17) is 4.74 Å². The highest BCUT2D eigenvalue weighted by molar-refractivity contribution is 14.0. The van der Waals surface area contributed by atoms with E-state index in [1.165, 1.54) is 23.3 Å². The van der Waals surface area contributed by atoms with Gasteiger partial charge in [-0.05, 0) is 42.7 Å². The van der Waals surface area contributed by atoms with Gasteiger partial charge < -0.3 is 15.4 Å². The molecule has 164 valence electrons. The monoisotopic (exact) mass is 526 g/mol. The Hall–Kier alpha value is -1.71. The van der Waals surface area contributed by atoms with Crippen molar-refractivity contribution in [2.45, 2.75) is 45.7 Å². The van der Waals surface area contributed by atoms with Gasteiger partial charge in [0.05, 0.1) is 12.2 Å². The summed E-state index contributed by atoms with van der Waals surface area (Å²) in [5.41, 5.74) is 3.52. The fourth-order valence-corrected chi connectivity index (χ4v) is 3.63. The van der Waals surface area contributed by atoms with Crippen molar-refractivity contribution in [1.29, 1.82) is 0 Å². The number of guanidine groups is 1. The highest BCUT2D eigenvalue weighted by Crippen LogP contribution is 2.14. The molecule has 1 fully saturated rings. The average molecular weight is 526 g/mol. The highest BCUT2D eigenvalue weighted by Gasteiger charge is 2.21. The van der Waals surface area contributed by atoms with Crippen LogP contribution in [0.3, 0.4) is 0 Å². The van der Waals surface area contributed by atoms with Crippen molar-refractivity contribution in [3.8, 4) is 0 Å². The van der Waals surface area contributed by atoms with Gasteiger partial charge in [0.25, 0.3) is 0 Å². The Morgan fingerprint density at radius 3 is 1.90 bits per heavy atom. The maximum Gasteiger partial charge on any atom is 0.191 e. The third-order valence-electron chi connectivity index (χ3n) is 4.98. The molecule has 1 aliphatic heterocycles. The highest BCUT2D eigenvalue weighted by atomic mass is 127. The Bertz CT molecular complexity index is 788. The summed E-state index contributed by atoms with van der Waals surface area (Å²) in [4.78, 5) is 6.70. The summed E-state index contributed by atoms with van der Waals surface area (Å²) in [6.07, 6.45) is 0.577. The molecule has 7 heteroatoms. The third kappa shape index (κ3) is 7.85. The molecule has 1 aliphatic rings. The Morgan fingerprint density at radius 2 is 1.40 bits per heavy atom. The maximum absolute atomic E-state index is 13.0. The standard InChI is InChI=1S/C23H31FN4O.HI/c1-17-14-28(15-18(2)29-17)16-21-6-4-19(5-7-21)12-26-23(25-3)27-13-20-8-10-22(24)11-9-20;/h4-11,17-18H,12-16H2,1-3H3,(H2,25,26,27);1H. The summed E-state index contributed by atoms with van der Waals surface area (Å²) in [6, 6.07) is 15.2. The van der Waals surface area contributed by atoms with Gasteiger partial charge in [-0.3, -0.25) is 9.89 Å². The summed E-state index contributed by atoms with van der Waals surface area (Å²) in [5.74, 6) is 0.493. The Labute approximate surface area is 196 Å². The second-order valence-electron chi connectivity index (χ2n) is 7.67. The molecule has 3 rings (SSSR count). The Kier molecular flexibility index (Phi) is 10.0. The molecule has 0 aliphatic carbocycles. The molecule has 0 bridgehead atoms. The number of ether oxygens (including phenoxy) is 1. The van der Waals surface area contributed by atoms with Gasteiger partial charge in [-0.2, -0.15) is 0 Å². The van der Waals surface area contributed by atoms with Crippen molar-refractivity contribution < 1.29 is 9.13 Å². The van der Waals surface area contributed by atoms with Gasteiger partial charge in [0, 0.05) is 39.8 Å². The number of hydrogen-bond acceptors (Lipinski definition) is 3. The van der Waals surface area contributed by atoms with E-state index >= 15 is 0 Å². The van der Waals surface area contributed by atoms with E-state index in [-0.39, 0.29) is 42.0 Å². The van der Waals surface area contributed by atoms with E-state index in [1.54, 1.807) is 19.2 Å². The minimum absolute atomic E-state index is 0. The molecule has 0 amide bonds. The summed E-state index contributed by atoms with van der Waals surface area (Å²) in [6.45, 7) is 8.45. The Morgan fingerprint density at radius 1 is 0.933 bits per heavy atom. The van der Waals surface area contributed by atoms with Crippen LogP contribution in [-0.4, -0.2) is 43.2 Å². The first-order chi connectivity index (χ1) is 14.0. The quantitative estimate of drug-likeness (QED) is 0.341. The molecular weight excluding hydrogens is 494 g/mol. The molecule has 5 nitrogen and oxygen atoms in total. The number of morpholine rings is 1. The van der Waals surface area contributed by atoms with Crippen molar-refractivity contribution in [2.24, 2.45) is 4.99 Å². The van der Waals surface area contributed by atoms with Crippen molar-refractivity contribution in [3.05, 3.63) is 71.0 Å². The van der Waals surface area contributed by atoms with Crippen LogP contribution in [0.25, 0.3) is 0 Å². The van der Waals surface area contributed by atoms with E-state index in [9.17, 15) is 4.39 Å². The van der Waals surface area contributed by atoms with Crippen LogP contribution in [0.4, 0.5) is 4.39 Å². The molecular formula is C23H32FIN4O. The molecule has 1 heterocycles. The third-order valence-corrected chi connectivity index (χ3v) is 4.98. The second-order valence-corrected chi connectivity index (χ2v) is 7.67. The lowest BCUT2D eigenvalue weighted by atomic mass is 10.1.